The van der Waals surface area contributed by atoms with E-state index in [1.54, 1.807) is 0 Å². The van der Waals surface area contributed by atoms with Crippen molar-refractivity contribution >= 4 is 34.5 Å². The minimum Gasteiger partial charge on any atom is -0.466 e. The lowest BCUT2D eigenvalue weighted by Crippen LogP contribution is -2.44. The highest BCUT2D eigenvalue weighted by atomic mass is 35.5. The van der Waals surface area contributed by atoms with Crippen LogP contribution in [-0.2, 0) is 20.7 Å². The summed E-state index contributed by atoms with van der Waals surface area (Å²) in [6.07, 6.45) is 3.47. The molecule has 0 unspecified atom stereocenters. The van der Waals surface area contributed by atoms with E-state index in [9.17, 15) is 9.59 Å². The summed E-state index contributed by atoms with van der Waals surface area (Å²) in [4.78, 5) is 32.8. The average molecular weight is 482 g/mol. The lowest BCUT2D eigenvalue weighted by Gasteiger charge is -2.34. The van der Waals surface area contributed by atoms with Crippen molar-refractivity contribution in [3.05, 3.63) is 64.9 Å². The Morgan fingerprint density at radius 3 is 2.59 bits per heavy atom. The second kappa shape index (κ2) is 11.0. The fourth-order valence-electron chi connectivity index (χ4n) is 4.84. The van der Waals surface area contributed by atoms with Crippen LogP contribution in [0.4, 0.5) is 0 Å². The first-order valence-corrected chi connectivity index (χ1v) is 12.5. The van der Waals surface area contributed by atoms with Gasteiger partial charge in [0, 0.05) is 24.5 Å². The number of hydrogen-bond donors (Lipinski definition) is 0. The number of ether oxygens (including phenoxy) is 1. The molecule has 2 heterocycles. The number of nitrogens with zero attached hydrogens (tertiary/aromatic N) is 3. The molecule has 2 aromatic carbocycles. The van der Waals surface area contributed by atoms with E-state index in [-0.39, 0.29) is 23.8 Å². The fraction of sp³-hybridized carbons (Fsp3) is 0.444. The maximum absolute atomic E-state index is 13.8. The molecule has 1 aliphatic heterocycles. The van der Waals surface area contributed by atoms with E-state index in [0.29, 0.717) is 44.0 Å². The SMILES string of the molecule is CCC[C@@H](C(=O)N1CCC(C(=O)OCC)CC1)n1c(Cc2cccc(Cl)c2)nc2ccccc21. The van der Waals surface area contributed by atoms with Crippen molar-refractivity contribution in [1.29, 1.82) is 0 Å². The van der Waals surface area contributed by atoms with Crippen LogP contribution in [0, 0.1) is 5.92 Å². The number of benzene rings is 2. The smallest absolute Gasteiger partial charge is 0.309 e. The highest BCUT2D eigenvalue weighted by Crippen LogP contribution is 2.29. The molecule has 0 radical (unpaired) electrons. The van der Waals surface area contributed by atoms with Gasteiger partial charge in [0.15, 0.2) is 0 Å². The first-order valence-electron chi connectivity index (χ1n) is 12.2. The minimum atomic E-state index is -0.342. The van der Waals surface area contributed by atoms with Gasteiger partial charge in [0.1, 0.15) is 11.9 Å². The number of amides is 1. The molecule has 1 atom stereocenters. The Morgan fingerprint density at radius 2 is 1.88 bits per heavy atom. The molecular weight excluding hydrogens is 450 g/mol. The van der Waals surface area contributed by atoms with Crippen molar-refractivity contribution in [2.75, 3.05) is 19.7 Å². The Morgan fingerprint density at radius 1 is 1.12 bits per heavy atom. The quantitative estimate of drug-likeness (QED) is 0.403. The van der Waals surface area contributed by atoms with Crippen LogP contribution in [0.15, 0.2) is 48.5 Å². The highest BCUT2D eigenvalue weighted by molar-refractivity contribution is 6.30. The molecular formula is C27H32ClN3O3. The molecule has 1 aromatic heterocycles. The molecule has 6 nitrogen and oxygen atoms in total. The molecule has 4 rings (SSSR count). The zero-order valence-electron chi connectivity index (χ0n) is 19.9. The number of esters is 1. The van der Waals surface area contributed by atoms with Gasteiger partial charge in [-0.05, 0) is 56.0 Å². The van der Waals surface area contributed by atoms with Crippen LogP contribution in [0.5, 0.6) is 0 Å². The molecule has 0 bridgehead atoms. The van der Waals surface area contributed by atoms with Gasteiger partial charge in [0.25, 0.3) is 0 Å². The monoisotopic (exact) mass is 481 g/mol. The lowest BCUT2D eigenvalue weighted by molar-refractivity contribution is -0.151. The van der Waals surface area contributed by atoms with E-state index in [1.165, 1.54) is 0 Å². The van der Waals surface area contributed by atoms with Gasteiger partial charge < -0.3 is 14.2 Å². The predicted octanol–water partition coefficient (Wildman–Crippen LogP) is 5.42. The third kappa shape index (κ3) is 5.27. The van der Waals surface area contributed by atoms with E-state index in [1.807, 2.05) is 60.4 Å². The van der Waals surface area contributed by atoms with Gasteiger partial charge in [0.2, 0.25) is 5.91 Å². The number of hydrogen-bond acceptors (Lipinski definition) is 4. The topological polar surface area (TPSA) is 64.4 Å². The number of imidazole rings is 1. The third-order valence-electron chi connectivity index (χ3n) is 6.51. The molecule has 34 heavy (non-hydrogen) atoms. The van der Waals surface area contributed by atoms with Crippen LogP contribution in [0.25, 0.3) is 11.0 Å². The molecule has 0 saturated carbocycles. The highest BCUT2D eigenvalue weighted by Gasteiger charge is 2.33. The summed E-state index contributed by atoms with van der Waals surface area (Å²) < 4.78 is 7.31. The normalized spacial score (nSPS) is 15.4. The molecule has 1 saturated heterocycles. The van der Waals surface area contributed by atoms with Gasteiger partial charge in [-0.25, -0.2) is 4.98 Å². The van der Waals surface area contributed by atoms with Gasteiger partial charge in [-0.3, -0.25) is 9.59 Å². The first-order chi connectivity index (χ1) is 16.5. The molecule has 1 fully saturated rings. The number of rotatable bonds is 8. The Balaban J connectivity index is 1.63. The van der Waals surface area contributed by atoms with Crippen molar-refractivity contribution in [3.63, 3.8) is 0 Å². The molecule has 1 amide bonds. The number of piperidine rings is 1. The van der Waals surface area contributed by atoms with Crippen molar-refractivity contribution in [1.82, 2.24) is 14.5 Å². The van der Waals surface area contributed by atoms with Crippen molar-refractivity contribution in [3.8, 4) is 0 Å². The Labute approximate surface area is 205 Å². The van der Waals surface area contributed by atoms with E-state index in [2.05, 4.69) is 11.5 Å². The zero-order valence-corrected chi connectivity index (χ0v) is 20.6. The number of carbonyl (C=O) groups is 2. The van der Waals surface area contributed by atoms with Crippen LogP contribution < -0.4 is 0 Å². The summed E-state index contributed by atoms with van der Waals surface area (Å²) in [6.45, 7) is 5.45. The second-order valence-corrected chi connectivity index (χ2v) is 9.29. The van der Waals surface area contributed by atoms with Crippen LogP contribution in [0.1, 0.15) is 57.0 Å². The number of carbonyl (C=O) groups excluding carboxylic acids is 2. The summed E-state index contributed by atoms with van der Waals surface area (Å²) in [5.74, 6) is 0.682. The molecule has 3 aromatic rings. The Bertz CT molecular complexity index is 1150. The molecule has 0 N–H and O–H groups in total. The molecule has 7 heteroatoms. The van der Waals surface area contributed by atoms with Crippen molar-refractivity contribution < 1.29 is 14.3 Å². The van der Waals surface area contributed by atoms with E-state index in [0.717, 1.165) is 35.3 Å². The molecule has 1 aliphatic rings. The van der Waals surface area contributed by atoms with Gasteiger partial charge in [-0.1, -0.05) is 49.2 Å². The number of halogens is 1. The largest absolute Gasteiger partial charge is 0.466 e. The second-order valence-electron chi connectivity index (χ2n) is 8.85. The van der Waals surface area contributed by atoms with E-state index >= 15 is 0 Å². The first kappa shape index (κ1) is 24.3. The summed E-state index contributed by atoms with van der Waals surface area (Å²) in [7, 11) is 0. The summed E-state index contributed by atoms with van der Waals surface area (Å²) >= 11 is 6.23. The van der Waals surface area contributed by atoms with Crippen LogP contribution >= 0.6 is 11.6 Å². The maximum atomic E-state index is 13.8. The minimum absolute atomic E-state index is 0.0969. The van der Waals surface area contributed by atoms with Crippen LogP contribution in [0.3, 0.4) is 0 Å². The van der Waals surface area contributed by atoms with Crippen LogP contribution in [-0.4, -0.2) is 46.0 Å². The number of para-hydroxylation sites is 2. The summed E-state index contributed by atoms with van der Waals surface area (Å²) in [5.41, 5.74) is 2.91. The van der Waals surface area contributed by atoms with Gasteiger partial charge in [0.05, 0.1) is 23.6 Å². The van der Waals surface area contributed by atoms with Gasteiger partial charge in [-0.15, -0.1) is 0 Å². The number of aromatic nitrogens is 2. The average Bonchev–Trinajstić information content (AvgIpc) is 3.20. The Kier molecular flexibility index (Phi) is 7.88. The van der Waals surface area contributed by atoms with Crippen molar-refractivity contribution in [2.45, 2.75) is 52.0 Å². The Hall–Kier alpha value is -2.86. The fourth-order valence-corrected chi connectivity index (χ4v) is 5.05. The molecule has 0 aliphatic carbocycles. The summed E-state index contributed by atoms with van der Waals surface area (Å²) in [5, 5.41) is 0.686. The van der Waals surface area contributed by atoms with Crippen molar-refractivity contribution in [2.24, 2.45) is 5.92 Å². The molecule has 0 spiro atoms. The van der Waals surface area contributed by atoms with E-state index < -0.39 is 0 Å². The third-order valence-corrected chi connectivity index (χ3v) is 6.74. The standard InChI is InChI=1S/C27H32ClN3O3/c1-3-8-24(26(32)30-15-13-20(14-16-30)27(33)34-4-2)31-23-12-6-5-11-22(23)29-25(31)18-19-9-7-10-21(28)17-19/h5-7,9-12,17,20,24H,3-4,8,13-16,18H2,1-2H3/t24-/m0/s1. The number of fused-ring (bicyclic) bond motifs is 1. The predicted molar refractivity (Wildman–Crippen MR) is 134 cm³/mol. The van der Waals surface area contributed by atoms with Gasteiger partial charge >= 0.3 is 5.97 Å². The maximum Gasteiger partial charge on any atom is 0.309 e. The summed E-state index contributed by atoms with van der Waals surface area (Å²) in [6, 6.07) is 15.4. The van der Waals surface area contributed by atoms with E-state index in [4.69, 9.17) is 21.3 Å². The van der Waals surface area contributed by atoms with Crippen LogP contribution in [0.2, 0.25) is 5.02 Å². The van der Waals surface area contributed by atoms with Gasteiger partial charge in [-0.2, -0.15) is 0 Å². The lowest BCUT2D eigenvalue weighted by atomic mass is 9.96. The number of likely N-dealkylation sites (tertiary alicyclic amines) is 1. The zero-order chi connectivity index (χ0) is 24.1. The molecule has 180 valence electrons.